The van der Waals surface area contributed by atoms with Gasteiger partial charge >= 0.3 is 0 Å². The topological polar surface area (TPSA) is 38.9 Å². The van der Waals surface area contributed by atoms with Crippen molar-refractivity contribution in [1.29, 1.82) is 0 Å². The maximum absolute atomic E-state index is 6.15. The maximum Gasteiger partial charge on any atom is 0.191 e. The summed E-state index contributed by atoms with van der Waals surface area (Å²) in [6.07, 6.45) is 1.85. The Labute approximate surface area is 174 Å². The first-order chi connectivity index (χ1) is 13.5. The van der Waals surface area contributed by atoms with Gasteiger partial charge < -0.3 is 4.42 Å². The third kappa shape index (κ3) is 4.03. The summed E-state index contributed by atoms with van der Waals surface area (Å²) >= 11 is 7.90. The summed E-state index contributed by atoms with van der Waals surface area (Å²) in [6.45, 7) is 5.90. The van der Waals surface area contributed by atoms with Crippen molar-refractivity contribution in [2.24, 2.45) is 0 Å². The summed E-state index contributed by atoms with van der Waals surface area (Å²) < 4.78 is 5.58. The fraction of sp³-hybridized carbons (Fsp3) is 0.217. The van der Waals surface area contributed by atoms with Crippen molar-refractivity contribution in [3.05, 3.63) is 81.5 Å². The molecule has 0 saturated heterocycles. The fourth-order valence-electron chi connectivity index (χ4n) is 3.38. The number of hydrogen-bond donors (Lipinski definition) is 0. The first kappa shape index (κ1) is 18.9. The molecule has 0 N–H and O–H groups in total. The molecule has 0 fully saturated rings. The Morgan fingerprint density at radius 2 is 1.71 bits per heavy atom. The summed E-state index contributed by atoms with van der Waals surface area (Å²) in [5.41, 5.74) is 5.49. The lowest BCUT2D eigenvalue weighted by molar-refractivity contribution is 0.495. The number of nitrogens with zero attached hydrogens (tertiary/aromatic N) is 2. The lowest BCUT2D eigenvalue weighted by Crippen LogP contribution is -1.92. The molecule has 2 aromatic carbocycles. The Morgan fingerprint density at radius 1 is 0.929 bits per heavy atom. The van der Waals surface area contributed by atoms with Crippen LogP contribution in [0.5, 0.6) is 0 Å². The molecule has 5 heteroatoms. The van der Waals surface area contributed by atoms with Crippen LogP contribution in [0, 0.1) is 20.8 Å². The third-order valence-electron chi connectivity index (χ3n) is 4.66. The molecule has 0 aliphatic rings. The summed E-state index contributed by atoms with van der Waals surface area (Å²) in [7, 11) is 0. The van der Waals surface area contributed by atoms with Gasteiger partial charge in [-0.2, -0.15) is 0 Å². The van der Waals surface area contributed by atoms with Crippen molar-refractivity contribution in [3.8, 4) is 21.7 Å². The van der Waals surface area contributed by atoms with Gasteiger partial charge in [0.15, 0.2) is 5.89 Å². The van der Waals surface area contributed by atoms with E-state index in [2.05, 4.69) is 42.2 Å². The van der Waals surface area contributed by atoms with E-state index in [0.717, 1.165) is 51.1 Å². The molecule has 0 aliphatic carbocycles. The minimum atomic E-state index is 0.699. The SMILES string of the molecule is Cc1nc(-c2cccc(CCc3nc(C)c(-c4cccc(Cl)c4)s3)c2)c(C)o1. The Bertz CT molecular complexity index is 1130. The van der Waals surface area contributed by atoms with Gasteiger partial charge in [0, 0.05) is 23.9 Å². The van der Waals surface area contributed by atoms with E-state index in [1.807, 2.05) is 32.0 Å². The average Bonchev–Trinajstić information content (AvgIpc) is 3.21. The van der Waals surface area contributed by atoms with Crippen LogP contribution >= 0.6 is 22.9 Å². The molecular weight excluding hydrogens is 388 g/mol. The van der Waals surface area contributed by atoms with E-state index < -0.39 is 0 Å². The molecule has 142 valence electrons. The van der Waals surface area contributed by atoms with Crippen LogP contribution in [0.1, 0.15) is 27.9 Å². The molecule has 0 atom stereocenters. The molecule has 28 heavy (non-hydrogen) atoms. The van der Waals surface area contributed by atoms with Crippen LogP contribution in [-0.4, -0.2) is 9.97 Å². The first-order valence-corrected chi connectivity index (χ1v) is 10.4. The van der Waals surface area contributed by atoms with E-state index in [1.165, 1.54) is 10.4 Å². The summed E-state index contributed by atoms with van der Waals surface area (Å²) in [5.74, 6) is 1.56. The Kier molecular flexibility index (Phi) is 5.33. The third-order valence-corrected chi connectivity index (χ3v) is 6.16. The Morgan fingerprint density at radius 3 is 2.46 bits per heavy atom. The minimum absolute atomic E-state index is 0.699. The van der Waals surface area contributed by atoms with Crippen molar-refractivity contribution < 1.29 is 4.42 Å². The lowest BCUT2D eigenvalue weighted by atomic mass is 10.0. The normalized spacial score (nSPS) is 11.1. The zero-order valence-electron chi connectivity index (χ0n) is 16.1. The van der Waals surface area contributed by atoms with E-state index in [-0.39, 0.29) is 0 Å². The number of aryl methyl sites for hydroxylation is 5. The van der Waals surface area contributed by atoms with E-state index in [0.29, 0.717) is 5.89 Å². The molecule has 0 saturated carbocycles. The number of aromatic nitrogens is 2. The second-order valence-corrected chi connectivity index (χ2v) is 8.39. The van der Waals surface area contributed by atoms with Gasteiger partial charge in [-0.25, -0.2) is 9.97 Å². The molecule has 4 rings (SSSR count). The monoisotopic (exact) mass is 408 g/mol. The zero-order chi connectivity index (χ0) is 19.7. The highest BCUT2D eigenvalue weighted by Crippen LogP contribution is 2.32. The molecule has 0 radical (unpaired) electrons. The van der Waals surface area contributed by atoms with Gasteiger partial charge in [-0.3, -0.25) is 0 Å². The summed E-state index contributed by atoms with van der Waals surface area (Å²) in [6, 6.07) is 16.5. The molecule has 0 bridgehead atoms. The van der Waals surface area contributed by atoms with Crippen LogP contribution in [0.4, 0.5) is 0 Å². The van der Waals surface area contributed by atoms with Gasteiger partial charge in [0.2, 0.25) is 0 Å². The number of hydrogen-bond acceptors (Lipinski definition) is 4. The standard InChI is InChI=1S/C23H21ClN2OS/c1-14-23(19-8-5-9-20(24)13-19)28-21(25-14)11-10-17-6-4-7-18(12-17)22-15(2)27-16(3)26-22/h4-9,12-13H,10-11H2,1-3H3. The summed E-state index contributed by atoms with van der Waals surface area (Å²) in [4.78, 5) is 10.5. The molecule has 0 aliphatic heterocycles. The number of rotatable bonds is 5. The predicted octanol–water partition coefficient (Wildman–Crippen LogP) is 6.83. The van der Waals surface area contributed by atoms with Gasteiger partial charge in [-0.15, -0.1) is 11.3 Å². The van der Waals surface area contributed by atoms with Crippen LogP contribution in [-0.2, 0) is 12.8 Å². The maximum atomic E-state index is 6.15. The van der Waals surface area contributed by atoms with Crippen molar-refractivity contribution in [1.82, 2.24) is 9.97 Å². The highest BCUT2D eigenvalue weighted by Gasteiger charge is 2.12. The largest absolute Gasteiger partial charge is 0.446 e. The predicted molar refractivity (Wildman–Crippen MR) is 116 cm³/mol. The molecule has 3 nitrogen and oxygen atoms in total. The van der Waals surface area contributed by atoms with Crippen LogP contribution < -0.4 is 0 Å². The highest BCUT2D eigenvalue weighted by molar-refractivity contribution is 7.15. The lowest BCUT2D eigenvalue weighted by Gasteiger charge is -2.03. The fourth-order valence-corrected chi connectivity index (χ4v) is 4.63. The number of thiazole rings is 1. The van der Waals surface area contributed by atoms with Crippen LogP contribution in [0.15, 0.2) is 52.9 Å². The number of benzene rings is 2. The van der Waals surface area contributed by atoms with E-state index in [4.69, 9.17) is 21.0 Å². The average molecular weight is 409 g/mol. The number of oxazole rings is 1. The van der Waals surface area contributed by atoms with Gasteiger partial charge in [-0.1, -0.05) is 41.9 Å². The Hall–Kier alpha value is -2.43. The van der Waals surface area contributed by atoms with E-state index >= 15 is 0 Å². The van der Waals surface area contributed by atoms with E-state index in [9.17, 15) is 0 Å². The molecule has 0 amide bonds. The second kappa shape index (κ2) is 7.90. The van der Waals surface area contributed by atoms with Crippen molar-refractivity contribution in [3.63, 3.8) is 0 Å². The van der Waals surface area contributed by atoms with Crippen LogP contribution in [0.3, 0.4) is 0 Å². The molecule has 4 aromatic rings. The smallest absolute Gasteiger partial charge is 0.191 e. The summed E-state index contributed by atoms with van der Waals surface area (Å²) in [5, 5.41) is 1.90. The molecule has 0 unspecified atom stereocenters. The molecular formula is C23H21ClN2OS. The molecule has 2 aromatic heterocycles. The van der Waals surface area contributed by atoms with Crippen LogP contribution in [0.25, 0.3) is 21.7 Å². The molecule has 2 heterocycles. The van der Waals surface area contributed by atoms with Crippen molar-refractivity contribution >= 4 is 22.9 Å². The van der Waals surface area contributed by atoms with Gasteiger partial charge in [0.05, 0.1) is 15.6 Å². The quantitative estimate of drug-likeness (QED) is 0.363. The Balaban J connectivity index is 1.52. The first-order valence-electron chi connectivity index (χ1n) is 9.25. The zero-order valence-corrected chi connectivity index (χ0v) is 17.7. The van der Waals surface area contributed by atoms with Gasteiger partial charge in [0.25, 0.3) is 0 Å². The minimum Gasteiger partial charge on any atom is -0.446 e. The highest BCUT2D eigenvalue weighted by atomic mass is 35.5. The number of halogens is 1. The van der Waals surface area contributed by atoms with Gasteiger partial charge in [0.1, 0.15) is 11.5 Å². The van der Waals surface area contributed by atoms with Crippen molar-refractivity contribution in [2.75, 3.05) is 0 Å². The van der Waals surface area contributed by atoms with Gasteiger partial charge in [-0.05, 0) is 49.6 Å². The van der Waals surface area contributed by atoms with Crippen LogP contribution in [0.2, 0.25) is 5.02 Å². The molecule has 0 spiro atoms. The van der Waals surface area contributed by atoms with E-state index in [1.54, 1.807) is 11.3 Å². The second-order valence-electron chi connectivity index (χ2n) is 6.87. The van der Waals surface area contributed by atoms with Crippen molar-refractivity contribution in [2.45, 2.75) is 33.6 Å².